The molecule has 0 saturated heterocycles. The number of hydrogen-bond donors (Lipinski definition) is 1. The van der Waals surface area contributed by atoms with Crippen molar-refractivity contribution in [2.24, 2.45) is 16.7 Å². The minimum Gasteiger partial charge on any atom is -0.459 e. The Hall–Kier alpha value is -0.570. The quantitative estimate of drug-likeness (QED) is 0.232. The summed E-state index contributed by atoms with van der Waals surface area (Å²) in [6.07, 6.45) is 15.7. The van der Waals surface area contributed by atoms with Crippen molar-refractivity contribution < 1.29 is 14.6 Å². The van der Waals surface area contributed by atoms with Gasteiger partial charge in [-0.1, -0.05) is 86.5 Å². The van der Waals surface area contributed by atoms with E-state index in [1.807, 2.05) is 0 Å². The van der Waals surface area contributed by atoms with Crippen LogP contribution in [0.1, 0.15) is 138 Å². The van der Waals surface area contributed by atoms with Crippen LogP contribution in [0.25, 0.3) is 0 Å². The van der Waals surface area contributed by atoms with Crippen molar-refractivity contribution in [3.05, 3.63) is 0 Å². The van der Waals surface area contributed by atoms with Crippen LogP contribution in [0.5, 0.6) is 0 Å². The fourth-order valence-electron chi connectivity index (χ4n) is 5.89. The van der Waals surface area contributed by atoms with Crippen LogP contribution < -0.4 is 0 Å². The molecule has 2 bridgehead atoms. The number of hydrogen-bond acceptors (Lipinski definition) is 3. The lowest BCUT2D eigenvalue weighted by Gasteiger charge is -2.40. The zero-order valence-electron chi connectivity index (χ0n) is 20.9. The summed E-state index contributed by atoms with van der Waals surface area (Å²) in [4.78, 5) is 13.6. The summed E-state index contributed by atoms with van der Waals surface area (Å²) >= 11 is 0. The number of esters is 1. The Morgan fingerprint density at radius 3 is 2.03 bits per heavy atom. The molecule has 3 nitrogen and oxygen atoms in total. The van der Waals surface area contributed by atoms with E-state index >= 15 is 0 Å². The highest BCUT2D eigenvalue weighted by atomic mass is 16.6. The zero-order valence-corrected chi connectivity index (χ0v) is 20.9. The summed E-state index contributed by atoms with van der Waals surface area (Å²) in [6.45, 7) is 13.7. The molecular weight excluding hydrogens is 372 g/mol. The summed E-state index contributed by atoms with van der Waals surface area (Å²) in [5, 5.41) is 10.6. The van der Waals surface area contributed by atoms with E-state index in [1.165, 1.54) is 44.9 Å². The van der Waals surface area contributed by atoms with Gasteiger partial charge in [-0.25, -0.2) is 0 Å². The van der Waals surface area contributed by atoms with Crippen molar-refractivity contribution in [1.29, 1.82) is 0 Å². The van der Waals surface area contributed by atoms with Gasteiger partial charge in [0, 0.05) is 6.42 Å². The molecule has 0 amide bonds. The van der Waals surface area contributed by atoms with Gasteiger partial charge in [-0.05, 0) is 55.8 Å². The van der Waals surface area contributed by atoms with Gasteiger partial charge in [0.2, 0.25) is 0 Å². The number of ether oxygens (including phenoxy) is 1. The number of unbranched alkanes of at least 4 members (excludes halogenated alkanes) is 5. The minimum absolute atomic E-state index is 0.00396. The summed E-state index contributed by atoms with van der Waals surface area (Å²) in [5.41, 5.74) is -0.889. The van der Waals surface area contributed by atoms with E-state index in [4.69, 9.17) is 4.74 Å². The van der Waals surface area contributed by atoms with E-state index in [-0.39, 0.29) is 22.7 Å². The lowest BCUT2D eigenvalue weighted by Crippen LogP contribution is -2.41. The predicted molar refractivity (Wildman–Crippen MR) is 125 cm³/mol. The van der Waals surface area contributed by atoms with Crippen LogP contribution in [0.3, 0.4) is 0 Å². The molecule has 0 aromatic rings. The number of fused-ring (bicyclic) bond motifs is 2. The first kappa shape index (κ1) is 25.7. The van der Waals surface area contributed by atoms with E-state index in [2.05, 4.69) is 41.5 Å². The van der Waals surface area contributed by atoms with Crippen LogP contribution in [0.15, 0.2) is 0 Å². The molecule has 0 spiro atoms. The average molecular weight is 423 g/mol. The Labute approximate surface area is 186 Å². The van der Waals surface area contributed by atoms with Gasteiger partial charge in [-0.15, -0.1) is 0 Å². The second-order valence-corrected chi connectivity index (χ2v) is 12.2. The monoisotopic (exact) mass is 422 g/mol. The fraction of sp³-hybridized carbons (Fsp3) is 0.963. The smallest absolute Gasteiger partial charge is 0.310 e. The second-order valence-electron chi connectivity index (χ2n) is 12.2. The van der Waals surface area contributed by atoms with Gasteiger partial charge in [0.25, 0.3) is 0 Å². The van der Waals surface area contributed by atoms with Crippen molar-refractivity contribution >= 4 is 5.97 Å². The Morgan fingerprint density at radius 1 is 0.900 bits per heavy atom. The summed E-state index contributed by atoms with van der Waals surface area (Å²) in [5.74, 6) is -0.0662. The highest BCUT2D eigenvalue weighted by Gasteiger charge is 2.56. The van der Waals surface area contributed by atoms with Gasteiger partial charge in [0.05, 0.1) is 11.5 Å². The Kier molecular flexibility index (Phi) is 8.87. The predicted octanol–water partition coefficient (Wildman–Crippen LogP) is 7.59. The highest BCUT2D eigenvalue weighted by molar-refractivity contribution is 5.74. The first-order valence-electron chi connectivity index (χ1n) is 12.9. The van der Waals surface area contributed by atoms with Crippen molar-refractivity contribution in [3.8, 4) is 0 Å². The molecular formula is C27H50O3. The molecule has 0 aliphatic heterocycles. The van der Waals surface area contributed by atoms with Crippen LogP contribution in [0, 0.1) is 16.7 Å². The number of aliphatic hydroxyl groups is 1. The van der Waals surface area contributed by atoms with Crippen LogP contribution >= 0.6 is 0 Å². The molecule has 0 aromatic carbocycles. The molecule has 2 saturated carbocycles. The maximum atomic E-state index is 13.6. The molecule has 1 N–H and O–H groups in total. The van der Waals surface area contributed by atoms with Crippen molar-refractivity contribution in [2.45, 2.75) is 149 Å². The second kappa shape index (κ2) is 10.4. The number of carbonyl (C=O) groups is 1. The number of carbonyl (C=O) groups excluding carboxylic acids is 1. The fourth-order valence-corrected chi connectivity index (χ4v) is 5.89. The van der Waals surface area contributed by atoms with Crippen LogP contribution in [0.2, 0.25) is 0 Å². The molecule has 2 aliphatic rings. The van der Waals surface area contributed by atoms with E-state index in [9.17, 15) is 9.90 Å². The third-order valence-electron chi connectivity index (χ3n) is 8.18. The highest BCUT2D eigenvalue weighted by Crippen LogP contribution is 2.53. The van der Waals surface area contributed by atoms with Crippen molar-refractivity contribution in [3.63, 3.8) is 0 Å². The molecule has 0 radical (unpaired) electrons. The lowest BCUT2D eigenvalue weighted by molar-refractivity contribution is -0.170. The van der Waals surface area contributed by atoms with E-state index in [0.717, 1.165) is 44.9 Å². The Balaban J connectivity index is 2.08. The molecule has 1 unspecified atom stereocenters. The van der Waals surface area contributed by atoms with Gasteiger partial charge in [0.15, 0.2) is 0 Å². The summed E-state index contributed by atoms with van der Waals surface area (Å²) in [6, 6.07) is 0. The number of rotatable bonds is 14. The molecule has 176 valence electrons. The normalized spacial score (nSPS) is 27.4. The maximum Gasteiger partial charge on any atom is 0.310 e. The summed E-state index contributed by atoms with van der Waals surface area (Å²) < 4.78 is 6.30. The topological polar surface area (TPSA) is 46.5 Å². The Bertz CT molecular complexity index is 540. The van der Waals surface area contributed by atoms with Crippen molar-refractivity contribution in [2.75, 3.05) is 0 Å². The van der Waals surface area contributed by atoms with Crippen LogP contribution in [0.4, 0.5) is 0 Å². The van der Waals surface area contributed by atoms with Gasteiger partial charge in [-0.2, -0.15) is 0 Å². The first-order chi connectivity index (χ1) is 14.0. The van der Waals surface area contributed by atoms with E-state index in [1.54, 1.807) is 0 Å². The first-order valence-corrected chi connectivity index (χ1v) is 12.9. The van der Waals surface area contributed by atoms with E-state index < -0.39 is 11.2 Å². The SMILES string of the molecule is CCCCCCCC(C)(C)C(CC(C)(C)CCCC)C(=O)OC12CCC(O)(CC1)C2. The summed E-state index contributed by atoms with van der Waals surface area (Å²) in [7, 11) is 0. The van der Waals surface area contributed by atoms with Gasteiger partial charge in [0.1, 0.15) is 5.60 Å². The van der Waals surface area contributed by atoms with Crippen molar-refractivity contribution in [1.82, 2.24) is 0 Å². The van der Waals surface area contributed by atoms with Crippen LogP contribution in [-0.2, 0) is 9.53 Å². The Morgan fingerprint density at radius 2 is 1.50 bits per heavy atom. The largest absolute Gasteiger partial charge is 0.459 e. The molecule has 2 rings (SSSR count). The third-order valence-corrected chi connectivity index (χ3v) is 8.18. The van der Waals surface area contributed by atoms with E-state index in [0.29, 0.717) is 6.42 Å². The lowest BCUT2D eigenvalue weighted by atomic mass is 9.67. The molecule has 1 atom stereocenters. The standard InChI is InChI=1S/C27H50O3/c1-7-9-11-12-13-15-25(5,6)22(20-24(3,4)14-10-8-2)23(28)30-27-18-16-26(29,21-27)17-19-27/h22,29H,7-21H2,1-6H3. The average Bonchev–Trinajstić information content (AvgIpc) is 3.17. The zero-order chi connectivity index (χ0) is 22.5. The molecule has 3 heteroatoms. The minimum atomic E-state index is -0.578. The molecule has 2 aliphatic carbocycles. The molecule has 30 heavy (non-hydrogen) atoms. The molecule has 2 fully saturated rings. The van der Waals surface area contributed by atoms with Gasteiger partial charge < -0.3 is 9.84 Å². The third kappa shape index (κ3) is 6.97. The van der Waals surface area contributed by atoms with Crippen LogP contribution in [-0.4, -0.2) is 22.3 Å². The maximum absolute atomic E-state index is 13.6. The molecule has 0 heterocycles. The van der Waals surface area contributed by atoms with Gasteiger partial charge in [-0.3, -0.25) is 4.79 Å². The van der Waals surface area contributed by atoms with Gasteiger partial charge >= 0.3 is 5.97 Å². The molecule has 0 aromatic heterocycles.